The van der Waals surface area contributed by atoms with Gasteiger partial charge in [0.05, 0.1) is 37.6 Å². The quantitative estimate of drug-likeness (QED) is 0.192. The zero-order valence-electron chi connectivity index (χ0n) is 27.9. The molecule has 4 aromatic carbocycles. The lowest BCUT2D eigenvalue weighted by Gasteiger charge is -2.23. The summed E-state index contributed by atoms with van der Waals surface area (Å²) in [6.45, 7) is 5.87. The summed E-state index contributed by atoms with van der Waals surface area (Å²) in [5, 5.41) is 8.88. The summed E-state index contributed by atoms with van der Waals surface area (Å²) in [6, 6.07) is 34.5. The van der Waals surface area contributed by atoms with Gasteiger partial charge in [0.15, 0.2) is 0 Å². The Morgan fingerprint density at radius 1 is 0.520 bits per heavy atom. The molecule has 4 heterocycles. The second-order valence-corrected chi connectivity index (χ2v) is 13.1. The SMILES string of the molecule is CC(C(=O)C(C)c1ccc(C(=O)N2Cc3ccnn3Cc3ccccc32)cc1)c1ccc(C(=O)N2Cc3ccnn3Cc3ccccc32)cc1. The molecule has 2 atom stereocenters. The summed E-state index contributed by atoms with van der Waals surface area (Å²) in [5.41, 5.74) is 8.56. The highest BCUT2D eigenvalue weighted by atomic mass is 16.2. The Hall–Kier alpha value is -6.09. The van der Waals surface area contributed by atoms with E-state index in [1.807, 2.05) is 132 Å². The lowest BCUT2D eigenvalue weighted by Crippen LogP contribution is -2.30. The minimum atomic E-state index is -0.387. The fourth-order valence-corrected chi connectivity index (χ4v) is 7.11. The second kappa shape index (κ2) is 12.7. The third kappa shape index (κ3) is 5.60. The van der Waals surface area contributed by atoms with Gasteiger partial charge in [0.25, 0.3) is 11.8 Å². The van der Waals surface area contributed by atoms with E-state index in [0.29, 0.717) is 37.3 Å². The van der Waals surface area contributed by atoms with Crippen LogP contribution in [0.15, 0.2) is 122 Å². The van der Waals surface area contributed by atoms with Gasteiger partial charge in [-0.3, -0.25) is 23.7 Å². The third-order valence-corrected chi connectivity index (χ3v) is 10.1. The molecule has 0 aliphatic carbocycles. The van der Waals surface area contributed by atoms with Gasteiger partial charge in [-0.15, -0.1) is 0 Å². The lowest BCUT2D eigenvalue weighted by molar-refractivity contribution is -0.121. The van der Waals surface area contributed by atoms with Crippen molar-refractivity contribution in [2.24, 2.45) is 0 Å². The van der Waals surface area contributed by atoms with Crippen molar-refractivity contribution in [3.05, 3.63) is 166 Å². The number of aromatic nitrogens is 4. The molecule has 0 radical (unpaired) electrons. The van der Waals surface area contributed by atoms with Crippen LogP contribution >= 0.6 is 0 Å². The first-order valence-corrected chi connectivity index (χ1v) is 16.9. The summed E-state index contributed by atoms with van der Waals surface area (Å²) < 4.78 is 3.86. The van der Waals surface area contributed by atoms with Gasteiger partial charge in [-0.25, -0.2) is 0 Å². The summed E-state index contributed by atoms with van der Waals surface area (Å²) in [5.74, 6) is -0.915. The number of Topliss-reactive ketones (excluding diaryl/α,β-unsaturated/α-hetero) is 1. The van der Waals surface area contributed by atoms with Crippen LogP contribution in [0.1, 0.15) is 80.0 Å². The fourth-order valence-electron chi connectivity index (χ4n) is 7.11. The minimum Gasteiger partial charge on any atom is -0.302 e. The molecule has 50 heavy (non-hydrogen) atoms. The van der Waals surface area contributed by atoms with Gasteiger partial charge >= 0.3 is 0 Å². The van der Waals surface area contributed by atoms with Gasteiger partial charge in [0.2, 0.25) is 0 Å². The smallest absolute Gasteiger partial charge is 0.258 e. The number of rotatable bonds is 6. The van der Waals surface area contributed by atoms with Gasteiger partial charge in [-0.1, -0.05) is 74.5 Å². The Balaban J connectivity index is 0.966. The van der Waals surface area contributed by atoms with Crippen molar-refractivity contribution in [3.8, 4) is 0 Å². The maximum absolute atomic E-state index is 13.8. The predicted molar refractivity (Wildman–Crippen MR) is 191 cm³/mol. The average molecular weight is 661 g/mol. The Bertz CT molecular complexity index is 2080. The molecule has 8 rings (SSSR count). The van der Waals surface area contributed by atoms with Gasteiger partial charge in [-0.05, 0) is 70.8 Å². The maximum Gasteiger partial charge on any atom is 0.258 e. The van der Waals surface area contributed by atoms with Crippen LogP contribution < -0.4 is 9.80 Å². The molecule has 9 heteroatoms. The zero-order valence-corrected chi connectivity index (χ0v) is 27.9. The van der Waals surface area contributed by atoms with E-state index in [1.54, 1.807) is 22.2 Å². The highest BCUT2D eigenvalue weighted by molar-refractivity contribution is 6.07. The molecule has 2 amide bonds. The van der Waals surface area contributed by atoms with Crippen LogP contribution in [0.3, 0.4) is 0 Å². The first-order valence-electron chi connectivity index (χ1n) is 16.9. The van der Waals surface area contributed by atoms with Gasteiger partial charge in [0.1, 0.15) is 5.78 Å². The van der Waals surface area contributed by atoms with Crippen molar-refractivity contribution in [1.82, 2.24) is 19.6 Å². The molecule has 248 valence electrons. The summed E-state index contributed by atoms with van der Waals surface area (Å²) in [4.78, 5) is 45.0. The van der Waals surface area contributed by atoms with Crippen molar-refractivity contribution < 1.29 is 14.4 Å². The van der Waals surface area contributed by atoms with E-state index in [9.17, 15) is 14.4 Å². The van der Waals surface area contributed by atoms with E-state index in [4.69, 9.17) is 0 Å². The number of para-hydroxylation sites is 2. The number of nitrogens with zero attached hydrogens (tertiary/aromatic N) is 6. The first kappa shape index (κ1) is 31.2. The van der Waals surface area contributed by atoms with Gasteiger partial charge in [0, 0.05) is 46.7 Å². The standard InChI is InChI=1S/C41H36N6O3/c1-27(29-11-15-31(16-12-29)40(49)44-25-35-19-21-42-46(35)23-33-7-3-5-9-37(33)44)39(48)28(2)30-13-17-32(18-14-30)41(50)45-26-36-20-22-43-47(36)24-34-8-4-6-10-38(34)45/h3-22,27-28H,23-26H2,1-2H3. The topological polar surface area (TPSA) is 93.3 Å². The van der Waals surface area contributed by atoms with Crippen LogP contribution in [0, 0.1) is 0 Å². The molecule has 2 aromatic heterocycles. The van der Waals surface area contributed by atoms with E-state index < -0.39 is 0 Å². The van der Waals surface area contributed by atoms with Gasteiger partial charge < -0.3 is 9.80 Å². The molecule has 6 aromatic rings. The molecule has 2 aliphatic heterocycles. The van der Waals surface area contributed by atoms with E-state index in [-0.39, 0.29) is 29.4 Å². The van der Waals surface area contributed by atoms with Crippen molar-refractivity contribution in [2.75, 3.05) is 9.80 Å². The molecule has 2 unspecified atom stereocenters. The first-order chi connectivity index (χ1) is 24.4. The van der Waals surface area contributed by atoms with Crippen LogP contribution in [-0.4, -0.2) is 37.2 Å². The zero-order chi connectivity index (χ0) is 34.4. The van der Waals surface area contributed by atoms with E-state index in [2.05, 4.69) is 10.2 Å². The molecular formula is C41H36N6O3. The van der Waals surface area contributed by atoms with Crippen molar-refractivity contribution in [3.63, 3.8) is 0 Å². The van der Waals surface area contributed by atoms with Crippen LogP contribution in [0.5, 0.6) is 0 Å². The number of ketones is 1. The molecule has 0 saturated carbocycles. The Morgan fingerprint density at radius 3 is 1.34 bits per heavy atom. The van der Waals surface area contributed by atoms with Crippen LogP contribution in [0.4, 0.5) is 11.4 Å². The van der Waals surface area contributed by atoms with E-state index >= 15 is 0 Å². The van der Waals surface area contributed by atoms with Crippen molar-refractivity contribution in [1.29, 1.82) is 0 Å². The Kier molecular flexibility index (Phi) is 7.95. The monoisotopic (exact) mass is 660 g/mol. The summed E-state index contributed by atoms with van der Waals surface area (Å²) in [6.07, 6.45) is 3.53. The van der Waals surface area contributed by atoms with E-state index in [0.717, 1.165) is 45.0 Å². The largest absolute Gasteiger partial charge is 0.302 e. The average Bonchev–Trinajstić information content (AvgIpc) is 3.72. The highest BCUT2D eigenvalue weighted by Crippen LogP contribution is 2.32. The maximum atomic E-state index is 13.8. The molecule has 0 N–H and O–H groups in total. The van der Waals surface area contributed by atoms with Crippen LogP contribution in [0.2, 0.25) is 0 Å². The highest BCUT2D eigenvalue weighted by Gasteiger charge is 2.28. The number of anilines is 2. The number of fused-ring (bicyclic) bond motifs is 4. The normalized spacial score (nSPS) is 14.7. The number of hydrogen-bond acceptors (Lipinski definition) is 5. The van der Waals surface area contributed by atoms with Gasteiger partial charge in [-0.2, -0.15) is 10.2 Å². The predicted octanol–water partition coefficient (Wildman–Crippen LogP) is 6.97. The van der Waals surface area contributed by atoms with Crippen LogP contribution in [-0.2, 0) is 31.0 Å². The number of amides is 2. The third-order valence-electron chi connectivity index (χ3n) is 10.1. The second-order valence-electron chi connectivity index (χ2n) is 13.1. The number of carbonyl (C=O) groups is 3. The summed E-state index contributed by atoms with van der Waals surface area (Å²) in [7, 11) is 0. The number of carbonyl (C=O) groups excluding carboxylic acids is 3. The fraction of sp³-hybridized carbons (Fsp3) is 0.195. The van der Waals surface area contributed by atoms with Crippen molar-refractivity contribution in [2.45, 2.75) is 51.9 Å². The number of hydrogen-bond donors (Lipinski definition) is 0. The Labute approximate surface area is 290 Å². The molecule has 0 saturated heterocycles. The molecule has 0 fully saturated rings. The number of benzene rings is 4. The van der Waals surface area contributed by atoms with Crippen molar-refractivity contribution >= 4 is 29.0 Å². The van der Waals surface area contributed by atoms with Crippen LogP contribution in [0.25, 0.3) is 0 Å². The lowest BCUT2D eigenvalue weighted by atomic mass is 9.85. The summed E-state index contributed by atoms with van der Waals surface area (Å²) >= 11 is 0. The Morgan fingerprint density at radius 2 is 0.920 bits per heavy atom. The van der Waals surface area contributed by atoms with E-state index in [1.165, 1.54) is 0 Å². The molecule has 0 spiro atoms. The molecular weight excluding hydrogens is 624 g/mol. The molecule has 2 aliphatic rings. The molecule has 9 nitrogen and oxygen atoms in total. The molecule has 0 bridgehead atoms. The minimum absolute atomic E-state index is 0.0626.